The lowest BCUT2D eigenvalue weighted by Crippen LogP contribution is -2.53. The van der Waals surface area contributed by atoms with Gasteiger partial charge >= 0.3 is 0 Å². The van der Waals surface area contributed by atoms with E-state index in [2.05, 4.69) is 17.1 Å². The van der Waals surface area contributed by atoms with Gasteiger partial charge in [-0.2, -0.15) is 0 Å². The van der Waals surface area contributed by atoms with Gasteiger partial charge in [0.1, 0.15) is 0 Å². The number of nitrogens with one attached hydrogen (secondary N) is 1. The van der Waals surface area contributed by atoms with Gasteiger partial charge in [0.25, 0.3) is 5.91 Å². The maximum absolute atomic E-state index is 12.3. The summed E-state index contributed by atoms with van der Waals surface area (Å²) in [5, 5.41) is 4.04. The average Bonchev–Trinajstić information content (AvgIpc) is 2.53. The summed E-state index contributed by atoms with van der Waals surface area (Å²) < 4.78 is 0. The monoisotopic (exact) mass is 291 g/mol. The molecule has 1 amide bonds. The standard InChI is InChI=1S/C15H21N3OS/c1-2-8-16-15(20)18-11-9-17(10-12-18)14(19)13-6-4-3-5-7-13/h3-7H,2,8-12H2,1H3,(H,16,20). The van der Waals surface area contributed by atoms with Crippen molar-refractivity contribution in [2.24, 2.45) is 0 Å². The predicted octanol–water partition coefficient (Wildman–Crippen LogP) is 1.73. The van der Waals surface area contributed by atoms with Crippen molar-refractivity contribution in [2.45, 2.75) is 13.3 Å². The number of rotatable bonds is 3. The quantitative estimate of drug-likeness (QED) is 0.860. The van der Waals surface area contributed by atoms with Gasteiger partial charge in [-0.15, -0.1) is 0 Å². The molecule has 0 unspecified atom stereocenters. The number of nitrogens with zero attached hydrogens (tertiary/aromatic N) is 2. The molecule has 1 aromatic carbocycles. The van der Waals surface area contributed by atoms with Crippen LogP contribution >= 0.6 is 12.2 Å². The third-order valence-electron chi connectivity index (χ3n) is 3.40. The summed E-state index contributed by atoms with van der Waals surface area (Å²) in [6.45, 7) is 6.07. The third kappa shape index (κ3) is 3.70. The smallest absolute Gasteiger partial charge is 0.253 e. The van der Waals surface area contributed by atoms with Crippen LogP contribution < -0.4 is 5.32 Å². The van der Waals surface area contributed by atoms with Gasteiger partial charge in [0.2, 0.25) is 0 Å². The summed E-state index contributed by atoms with van der Waals surface area (Å²) in [5.41, 5.74) is 0.757. The SMILES string of the molecule is CCCNC(=S)N1CCN(C(=O)c2ccccc2)CC1. The predicted molar refractivity (Wildman–Crippen MR) is 84.8 cm³/mol. The molecule has 1 aliphatic heterocycles. The molecule has 1 heterocycles. The largest absolute Gasteiger partial charge is 0.363 e. The maximum atomic E-state index is 12.3. The molecule has 1 saturated heterocycles. The third-order valence-corrected chi connectivity index (χ3v) is 3.80. The molecule has 0 atom stereocenters. The van der Waals surface area contributed by atoms with Crippen molar-refractivity contribution in [3.05, 3.63) is 35.9 Å². The maximum Gasteiger partial charge on any atom is 0.253 e. The lowest BCUT2D eigenvalue weighted by Gasteiger charge is -2.36. The molecule has 1 fully saturated rings. The zero-order valence-corrected chi connectivity index (χ0v) is 12.7. The molecule has 0 radical (unpaired) electrons. The van der Waals surface area contributed by atoms with Crippen LogP contribution in [-0.4, -0.2) is 53.5 Å². The molecule has 0 spiro atoms. The van der Waals surface area contributed by atoms with Crippen molar-refractivity contribution in [1.29, 1.82) is 0 Å². The summed E-state index contributed by atoms with van der Waals surface area (Å²) in [6, 6.07) is 9.44. The van der Waals surface area contributed by atoms with E-state index in [0.29, 0.717) is 0 Å². The van der Waals surface area contributed by atoms with Crippen molar-refractivity contribution in [1.82, 2.24) is 15.1 Å². The van der Waals surface area contributed by atoms with Crippen molar-refractivity contribution in [3.63, 3.8) is 0 Å². The zero-order valence-electron chi connectivity index (χ0n) is 11.8. The minimum atomic E-state index is 0.109. The minimum Gasteiger partial charge on any atom is -0.363 e. The second-order valence-electron chi connectivity index (χ2n) is 4.88. The molecule has 1 aliphatic rings. The summed E-state index contributed by atoms with van der Waals surface area (Å²) in [5.74, 6) is 0.109. The number of hydrogen-bond acceptors (Lipinski definition) is 2. The Balaban J connectivity index is 1.85. The van der Waals surface area contributed by atoms with E-state index < -0.39 is 0 Å². The number of amides is 1. The Hall–Kier alpha value is -1.62. The molecule has 1 aromatic rings. The second-order valence-corrected chi connectivity index (χ2v) is 5.26. The Morgan fingerprint density at radius 1 is 1.15 bits per heavy atom. The van der Waals surface area contributed by atoms with Crippen LogP contribution in [0.3, 0.4) is 0 Å². The molecule has 5 heteroatoms. The molecule has 1 N–H and O–H groups in total. The Bertz CT molecular complexity index is 455. The van der Waals surface area contributed by atoms with Crippen molar-refractivity contribution < 1.29 is 4.79 Å². The van der Waals surface area contributed by atoms with Gasteiger partial charge in [-0.05, 0) is 30.8 Å². The van der Waals surface area contributed by atoms with Crippen molar-refractivity contribution >= 4 is 23.2 Å². The minimum absolute atomic E-state index is 0.109. The fraction of sp³-hybridized carbons (Fsp3) is 0.467. The molecule has 20 heavy (non-hydrogen) atoms. The first kappa shape index (κ1) is 14.8. The van der Waals surface area contributed by atoms with Crippen LogP contribution in [0.1, 0.15) is 23.7 Å². The lowest BCUT2D eigenvalue weighted by atomic mass is 10.2. The molecule has 108 valence electrons. The van der Waals surface area contributed by atoms with Gasteiger partial charge < -0.3 is 15.1 Å². The number of benzene rings is 1. The summed E-state index contributed by atoms with van der Waals surface area (Å²) in [6.07, 6.45) is 1.06. The molecule has 0 saturated carbocycles. The Kier molecular flexibility index (Phi) is 5.35. The fourth-order valence-corrected chi connectivity index (χ4v) is 2.50. The van der Waals surface area contributed by atoms with Crippen LogP contribution in [0.4, 0.5) is 0 Å². The first-order chi connectivity index (χ1) is 9.72. The van der Waals surface area contributed by atoms with Gasteiger partial charge in [-0.3, -0.25) is 4.79 Å². The summed E-state index contributed by atoms with van der Waals surface area (Å²) in [4.78, 5) is 16.3. The Morgan fingerprint density at radius 3 is 2.35 bits per heavy atom. The molecular formula is C15H21N3OS. The van der Waals surface area contributed by atoms with Gasteiger partial charge in [0.15, 0.2) is 5.11 Å². The van der Waals surface area contributed by atoms with E-state index in [0.717, 1.165) is 49.8 Å². The van der Waals surface area contributed by atoms with Crippen LogP contribution in [0, 0.1) is 0 Å². The number of carbonyl (C=O) groups excluding carboxylic acids is 1. The van der Waals surface area contributed by atoms with Crippen molar-refractivity contribution in [2.75, 3.05) is 32.7 Å². The molecule has 0 aliphatic carbocycles. The second kappa shape index (κ2) is 7.24. The molecule has 0 aromatic heterocycles. The average molecular weight is 291 g/mol. The first-order valence-electron chi connectivity index (χ1n) is 7.09. The number of hydrogen-bond donors (Lipinski definition) is 1. The van der Waals surface area contributed by atoms with E-state index >= 15 is 0 Å². The van der Waals surface area contributed by atoms with Crippen LogP contribution in [0.25, 0.3) is 0 Å². The van der Waals surface area contributed by atoms with Crippen LogP contribution in [0.15, 0.2) is 30.3 Å². The fourth-order valence-electron chi connectivity index (χ4n) is 2.22. The zero-order chi connectivity index (χ0) is 14.4. The molecule has 2 rings (SSSR count). The number of piperazine rings is 1. The van der Waals surface area contributed by atoms with Gasteiger partial charge in [0.05, 0.1) is 0 Å². The Labute approximate surface area is 125 Å². The topological polar surface area (TPSA) is 35.6 Å². The van der Waals surface area contributed by atoms with E-state index in [1.807, 2.05) is 35.2 Å². The summed E-state index contributed by atoms with van der Waals surface area (Å²) in [7, 11) is 0. The molecular weight excluding hydrogens is 270 g/mol. The highest BCUT2D eigenvalue weighted by Gasteiger charge is 2.22. The van der Waals surface area contributed by atoms with E-state index in [9.17, 15) is 4.79 Å². The highest BCUT2D eigenvalue weighted by Crippen LogP contribution is 2.08. The van der Waals surface area contributed by atoms with Crippen LogP contribution in [0.2, 0.25) is 0 Å². The highest BCUT2D eigenvalue weighted by atomic mass is 32.1. The van der Waals surface area contributed by atoms with Crippen LogP contribution in [0.5, 0.6) is 0 Å². The van der Waals surface area contributed by atoms with E-state index in [4.69, 9.17) is 12.2 Å². The highest BCUT2D eigenvalue weighted by molar-refractivity contribution is 7.80. The van der Waals surface area contributed by atoms with Gasteiger partial charge in [-0.1, -0.05) is 25.1 Å². The lowest BCUT2D eigenvalue weighted by molar-refractivity contribution is 0.0691. The molecule has 0 bridgehead atoms. The van der Waals surface area contributed by atoms with Crippen LogP contribution in [-0.2, 0) is 0 Å². The normalized spacial score (nSPS) is 15.1. The number of carbonyl (C=O) groups is 1. The van der Waals surface area contributed by atoms with Crippen molar-refractivity contribution in [3.8, 4) is 0 Å². The number of thiocarbonyl (C=S) groups is 1. The van der Waals surface area contributed by atoms with E-state index in [-0.39, 0.29) is 5.91 Å². The molecule has 4 nitrogen and oxygen atoms in total. The Morgan fingerprint density at radius 2 is 1.75 bits per heavy atom. The van der Waals surface area contributed by atoms with Gasteiger partial charge in [-0.25, -0.2) is 0 Å². The van der Waals surface area contributed by atoms with E-state index in [1.165, 1.54) is 0 Å². The van der Waals surface area contributed by atoms with E-state index in [1.54, 1.807) is 0 Å². The first-order valence-corrected chi connectivity index (χ1v) is 7.50. The summed E-state index contributed by atoms with van der Waals surface area (Å²) >= 11 is 5.35. The van der Waals surface area contributed by atoms with Gasteiger partial charge in [0, 0.05) is 38.3 Å².